The summed E-state index contributed by atoms with van der Waals surface area (Å²) in [5.74, 6) is 0.0184. The zero-order valence-corrected chi connectivity index (χ0v) is 18.0. The van der Waals surface area contributed by atoms with Crippen LogP contribution in [-0.2, 0) is 10.2 Å². The number of hydrogen-bond acceptors (Lipinski definition) is 3. The lowest BCUT2D eigenvalue weighted by Crippen LogP contribution is -2.46. The van der Waals surface area contributed by atoms with E-state index in [0.29, 0.717) is 17.1 Å². The first-order chi connectivity index (χ1) is 13.7. The molecule has 4 nitrogen and oxygen atoms in total. The molecular weight excluding hydrogens is 386 g/mol. The highest BCUT2D eigenvalue weighted by atomic mass is 35.5. The molecule has 0 saturated heterocycles. The van der Waals surface area contributed by atoms with Gasteiger partial charge in [-0.15, -0.1) is 0 Å². The van der Waals surface area contributed by atoms with Crippen molar-refractivity contribution in [2.75, 3.05) is 6.54 Å². The first-order valence-corrected chi connectivity index (χ1v) is 10.4. The van der Waals surface area contributed by atoms with Gasteiger partial charge in [0.15, 0.2) is 0 Å². The third-order valence-electron chi connectivity index (χ3n) is 5.63. The van der Waals surface area contributed by atoms with Crippen molar-refractivity contribution >= 4 is 24.0 Å². The molecule has 154 valence electrons. The van der Waals surface area contributed by atoms with E-state index in [1.54, 1.807) is 6.07 Å². The molecule has 2 aromatic carbocycles. The van der Waals surface area contributed by atoms with Crippen molar-refractivity contribution in [3.05, 3.63) is 70.2 Å². The molecule has 1 N–H and O–H groups in total. The summed E-state index contributed by atoms with van der Waals surface area (Å²) < 4.78 is 5.43. The van der Waals surface area contributed by atoms with Crippen molar-refractivity contribution in [1.29, 1.82) is 0 Å². The molecule has 3 rings (SSSR count). The van der Waals surface area contributed by atoms with Crippen LogP contribution in [0.2, 0.25) is 5.02 Å². The van der Waals surface area contributed by atoms with E-state index in [-0.39, 0.29) is 11.3 Å². The van der Waals surface area contributed by atoms with Gasteiger partial charge in [-0.25, -0.2) is 4.79 Å². The van der Waals surface area contributed by atoms with E-state index in [0.717, 1.165) is 31.1 Å². The average molecular weight is 414 g/mol. The van der Waals surface area contributed by atoms with Gasteiger partial charge in [0.1, 0.15) is 11.9 Å². The van der Waals surface area contributed by atoms with E-state index in [2.05, 4.69) is 17.4 Å². The van der Waals surface area contributed by atoms with Crippen LogP contribution in [0.25, 0.3) is 0 Å². The van der Waals surface area contributed by atoms with E-state index in [1.165, 1.54) is 5.56 Å². The van der Waals surface area contributed by atoms with E-state index in [4.69, 9.17) is 16.3 Å². The van der Waals surface area contributed by atoms with Crippen LogP contribution in [-0.4, -0.2) is 24.5 Å². The van der Waals surface area contributed by atoms with Gasteiger partial charge in [0.05, 0.1) is 0 Å². The van der Waals surface area contributed by atoms with Crippen LogP contribution in [0.5, 0.6) is 0 Å². The fourth-order valence-electron chi connectivity index (χ4n) is 4.16. The van der Waals surface area contributed by atoms with E-state index in [1.807, 2.05) is 51.1 Å². The SMILES string of the molecule is CC(C)(C)OC(=O)NC[C@@H](c1cccc(C=O)c1)C1(c2ccc(Cl)cc2)CCC1. The number of alkyl carbamates (subject to hydrolysis) is 1. The second kappa shape index (κ2) is 8.58. The van der Waals surface area contributed by atoms with Crippen LogP contribution in [0.1, 0.15) is 67.4 Å². The van der Waals surface area contributed by atoms with Crippen molar-refractivity contribution in [3.63, 3.8) is 0 Å². The predicted molar refractivity (Wildman–Crippen MR) is 116 cm³/mol. The Bertz CT molecular complexity index is 866. The molecular formula is C24H28ClNO3. The second-order valence-electron chi connectivity index (χ2n) is 8.74. The highest BCUT2D eigenvalue weighted by molar-refractivity contribution is 6.30. The summed E-state index contributed by atoms with van der Waals surface area (Å²) in [7, 11) is 0. The van der Waals surface area contributed by atoms with Crippen molar-refractivity contribution in [2.45, 2.75) is 57.0 Å². The molecule has 1 saturated carbocycles. The molecule has 1 fully saturated rings. The summed E-state index contributed by atoms with van der Waals surface area (Å²) in [6.07, 6.45) is 3.58. The van der Waals surface area contributed by atoms with Crippen LogP contribution >= 0.6 is 11.6 Å². The zero-order chi connectivity index (χ0) is 21.1. The van der Waals surface area contributed by atoms with Gasteiger partial charge in [0.25, 0.3) is 0 Å². The van der Waals surface area contributed by atoms with Gasteiger partial charge in [-0.3, -0.25) is 4.79 Å². The van der Waals surface area contributed by atoms with Gasteiger partial charge in [-0.2, -0.15) is 0 Å². The van der Waals surface area contributed by atoms with Crippen LogP contribution in [0.3, 0.4) is 0 Å². The van der Waals surface area contributed by atoms with E-state index in [9.17, 15) is 9.59 Å². The van der Waals surface area contributed by atoms with Gasteiger partial charge in [0, 0.05) is 28.5 Å². The summed E-state index contributed by atoms with van der Waals surface area (Å²) in [6, 6.07) is 15.6. The summed E-state index contributed by atoms with van der Waals surface area (Å²) in [4.78, 5) is 23.7. The van der Waals surface area contributed by atoms with Gasteiger partial charge < -0.3 is 10.1 Å². The summed E-state index contributed by atoms with van der Waals surface area (Å²) in [6.45, 7) is 5.97. The molecule has 5 heteroatoms. The molecule has 1 atom stereocenters. The van der Waals surface area contributed by atoms with Gasteiger partial charge in [0.2, 0.25) is 0 Å². The summed E-state index contributed by atoms with van der Waals surface area (Å²) in [5, 5.41) is 3.66. The second-order valence-corrected chi connectivity index (χ2v) is 9.18. The van der Waals surface area contributed by atoms with Crippen LogP contribution in [0, 0.1) is 0 Å². The third kappa shape index (κ3) is 4.99. The zero-order valence-electron chi connectivity index (χ0n) is 17.2. The maximum atomic E-state index is 12.3. The Hall–Kier alpha value is -2.33. The molecule has 29 heavy (non-hydrogen) atoms. The number of benzene rings is 2. The van der Waals surface area contributed by atoms with E-state index < -0.39 is 11.7 Å². The molecule has 2 aromatic rings. The monoisotopic (exact) mass is 413 g/mol. The Morgan fingerprint density at radius 3 is 2.45 bits per heavy atom. The molecule has 0 aromatic heterocycles. The lowest BCUT2D eigenvalue weighted by molar-refractivity contribution is 0.0511. The smallest absolute Gasteiger partial charge is 0.407 e. The fraction of sp³-hybridized carbons (Fsp3) is 0.417. The van der Waals surface area contributed by atoms with Crippen molar-refractivity contribution in [1.82, 2.24) is 5.32 Å². The third-order valence-corrected chi connectivity index (χ3v) is 5.88. The van der Waals surface area contributed by atoms with Crippen LogP contribution < -0.4 is 5.32 Å². The highest BCUT2D eigenvalue weighted by Gasteiger charge is 2.46. The lowest BCUT2D eigenvalue weighted by atomic mass is 9.56. The Morgan fingerprint density at radius 1 is 1.21 bits per heavy atom. The Kier molecular flexibility index (Phi) is 6.33. The summed E-state index contributed by atoms with van der Waals surface area (Å²) in [5.41, 5.74) is 2.22. The fourth-order valence-corrected chi connectivity index (χ4v) is 4.28. The summed E-state index contributed by atoms with van der Waals surface area (Å²) >= 11 is 6.11. The Balaban J connectivity index is 1.94. The van der Waals surface area contributed by atoms with Crippen LogP contribution in [0.4, 0.5) is 4.79 Å². The van der Waals surface area contributed by atoms with Gasteiger partial charge in [-0.05, 0) is 62.9 Å². The topological polar surface area (TPSA) is 55.4 Å². The molecule has 1 aliphatic rings. The first-order valence-electron chi connectivity index (χ1n) is 10.0. The standard InChI is InChI=1S/C24H28ClNO3/c1-23(2,3)29-22(28)26-15-21(18-7-4-6-17(14-18)16-27)24(12-5-13-24)19-8-10-20(25)11-9-19/h4,6-11,14,16,21H,5,12-13,15H2,1-3H3,(H,26,28)/t21-/m0/s1. The van der Waals surface area contributed by atoms with Crippen molar-refractivity contribution in [3.8, 4) is 0 Å². The van der Waals surface area contributed by atoms with Crippen molar-refractivity contribution < 1.29 is 14.3 Å². The number of halogens is 1. The minimum absolute atomic E-state index is 0.0184. The predicted octanol–water partition coefficient (Wildman–Crippen LogP) is 5.88. The minimum Gasteiger partial charge on any atom is -0.444 e. The number of carbonyl (C=O) groups is 2. The largest absolute Gasteiger partial charge is 0.444 e. The normalized spacial score (nSPS) is 16.4. The number of carbonyl (C=O) groups excluding carboxylic acids is 2. The maximum Gasteiger partial charge on any atom is 0.407 e. The van der Waals surface area contributed by atoms with Gasteiger partial charge in [-0.1, -0.05) is 48.4 Å². The molecule has 0 aliphatic heterocycles. The minimum atomic E-state index is -0.554. The number of hydrogen-bond donors (Lipinski definition) is 1. The molecule has 1 aliphatic carbocycles. The number of aldehydes is 1. The number of nitrogens with one attached hydrogen (secondary N) is 1. The van der Waals surface area contributed by atoms with Crippen LogP contribution in [0.15, 0.2) is 48.5 Å². The Labute approximate surface area is 177 Å². The molecule has 0 unspecified atom stereocenters. The maximum absolute atomic E-state index is 12.3. The Morgan fingerprint density at radius 2 is 1.90 bits per heavy atom. The molecule has 1 amide bonds. The molecule has 0 spiro atoms. The lowest BCUT2D eigenvalue weighted by Gasteiger charge is -2.49. The molecule has 0 bridgehead atoms. The molecule has 0 radical (unpaired) electrons. The van der Waals surface area contributed by atoms with Crippen molar-refractivity contribution in [2.24, 2.45) is 0 Å². The highest BCUT2D eigenvalue weighted by Crippen LogP contribution is 2.53. The number of rotatable bonds is 6. The average Bonchev–Trinajstić information content (AvgIpc) is 2.63. The van der Waals surface area contributed by atoms with Gasteiger partial charge >= 0.3 is 6.09 Å². The first kappa shape index (κ1) is 21.4. The quantitative estimate of drug-likeness (QED) is 0.601. The molecule has 0 heterocycles. The van der Waals surface area contributed by atoms with E-state index >= 15 is 0 Å². The number of amides is 1. The number of ether oxygens (including phenoxy) is 1.